The average Bonchev–Trinajstić information content (AvgIpc) is 2.81. The second kappa shape index (κ2) is 6.66. The van der Waals surface area contributed by atoms with E-state index in [0.29, 0.717) is 13.2 Å². The summed E-state index contributed by atoms with van der Waals surface area (Å²) in [5.41, 5.74) is -0.342. The lowest BCUT2D eigenvalue weighted by Crippen LogP contribution is -2.51. The van der Waals surface area contributed by atoms with Gasteiger partial charge in [-0.05, 0) is 42.3 Å². The first-order valence-corrected chi connectivity index (χ1v) is 14.5. The summed E-state index contributed by atoms with van der Waals surface area (Å²) in [4.78, 5) is 0. The van der Waals surface area contributed by atoms with Crippen molar-refractivity contribution >= 4 is 16.6 Å². The Bertz CT molecular complexity index is 389. The molecule has 0 saturated heterocycles. The molecule has 0 atom stereocenters. The average molecular weight is 359 g/mol. The molecule has 0 saturated carbocycles. The first kappa shape index (κ1) is 20.9. The third kappa shape index (κ3) is 5.18. The highest BCUT2D eigenvalue weighted by atomic mass is 28.4. The standard InChI is InChI=1S/C18H38O3Si2/c1-16(2,3)22(7,8)20-14-18(12-11-13-19-18)15-21-23(9,10)17(4,5)6/h11,13H,12,14-15H2,1-10H3. The monoisotopic (exact) mass is 358 g/mol. The number of rotatable bonds is 6. The zero-order chi connectivity index (χ0) is 18.2. The van der Waals surface area contributed by atoms with Gasteiger partial charge in [-0.25, -0.2) is 0 Å². The van der Waals surface area contributed by atoms with Crippen LogP contribution < -0.4 is 0 Å². The van der Waals surface area contributed by atoms with Crippen molar-refractivity contribution in [1.82, 2.24) is 0 Å². The van der Waals surface area contributed by atoms with Crippen molar-refractivity contribution in [3.05, 3.63) is 12.3 Å². The minimum absolute atomic E-state index is 0.209. The summed E-state index contributed by atoms with van der Waals surface area (Å²) in [6.45, 7) is 24.0. The Kier molecular flexibility index (Phi) is 6.06. The fraction of sp³-hybridized carbons (Fsp3) is 0.889. The fourth-order valence-electron chi connectivity index (χ4n) is 1.79. The molecule has 1 aliphatic rings. The van der Waals surface area contributed by atoms with E-state index in [-0.39, 0.29) is 15.7 Å². The molecular weight excluding hydrogens is 320 g/mol. The lowest BCUT2D eigenvalue weighted by Gasteiger charge is -2.42. The Hall–Kier alpha value is -0.106. The van der Waals surface area contributed by atoms with Crippen LogP contribution in [0.4, 0.5) is 0 Å². The Balaban J connectivity index is 2.74. The van der Waals surface area contributed by atoms with E-state index in [2.05, 4.69) is 73.8 Å². The molecule has 3 nitrogen and oxygen atoms in total. The summed E-state index contributed by atoms with van der Waals surface area (Å²) in [5, 5.41) is 0.418. The number of ether oxygens (including phenoxy) is 1. The maximum absolute atomic E-state index is 6.44. The molecular formula is C18H38O3Si2. The molecule has 0 amide bonds. The highest BCUT2D eigenvalue weighted by Crippen LogP contribution is 2.40. The molecule has 0 N–H and O–H groups in total. The van der Waals surface area contributed by atoms with Crippen LogP contribution >= 0.6 is 0 Å². The molecule has 0 spiro atoms. The van der Waals surface area contributed by atoms with Gasteiger partial charge in [0.2, 0.25) is 0 Å². The van der Waals surface area contributed by atoms with Gasteiger partial charge in [0.25, 0.3) is 0 Å². The van der Waals surface area contributed by atoms with Gasteiger partial charge in [-0.2, -0.15) is 0 Å². The van der Waals surface area contributed by atoms with Crippen LogP contribution in [0.15, 0.2) is 12.3 Å². The molecule has 136 valence electrons. The highest BCUT2D eigenvalue weighted by Gasteiger charge is 2.44. The van der Waals surface area contributed by atoms with Gasteiger partial charge in [-0.1, -0.05) is 41.5 Å². The summed E-state index contributed by atoms with van der Waals surface area (Å²) in [6, 6.07) is 0. The van der Waals surface area contributed by atoms with Crippen molar-refractivity contribution in [1.29, 1.82) is 0 Å². The lowest BCUT2D eigenvalue weighted by atomic mass is 10.0. The molecule has 0 aliphatic carbocycles. The zero-order valence-electron chi connectivity index (χ0n) is 17.0. The molecule has 1 rings (SSSR count). The summed E-state index contributed by atoms with van der Waals surface area (Å²) < 4.78 is 18.9. The van der Waals surface area contributed by atoms with Gasteiger partial charge in [0, 0.05) is 6.42 Å². The minimum atomic E-state index is -1.78. The predicted octanol–water partition coefficient (Wildman–Crippen LogP) is 5.70. The van der Waals surface area contributed by atoms with Crippen LogP contribution in [-0.4, -0.2) is 35.4 Å². The van der Waals surface area contributed by atoms with Crippen LogP contribution in [0.3, 0.4) is 0 Å². The number of hydrogen-bond donors (Lipinski definition) is 0. The molecule has 0 radical (unpaired) electrons. The summed E-state index contributed by atoms with van der Waals surface area (Å²) in [5.74, 6) is 0. The van der Waals surface area contributed by atoms with E-state index in [9.17, 15) is 0 Å². The van der Waals surface area contributed by atoms with Crippen LogP contribution in [0.2, 0.25) is 36.3 Å². The summed E-state index contributed by atoms with van der Waals surface area (Å²) in [6.07, 6.45) is 4.77. The van der Waals surface area contributed by atoms with E-state index < -0.39 is 16.6 Å². The first-order valence-electron chi connectivity index (χ1n) is 8.73. The largest absolute Gasteiger partial charge is 0.490 e. The van der Waals surface area contributed by atoms with Crippen LogP contribution in [0.25, 0.3) is 0 Å². The highest BCUT2D eigenvalue weighted by molar-refractivity contribution is 6.74. The molecule has 23 heavy (non-hydrogen) atoms. The molecule has 0 unspecified atom stereocenters. The third-order valence-electron chi connectivity index (χ3n) is 5.91. The van der Waals surface area contributed by atoms with Gasteiger partial charge >= 0.3 is 0 Å². The SMILES string of the molecule is CC(C)(C)[Si](C)(C)OCC1(CO[Si](C)(C)C(C)(C)C)CC=CO1. The van der Waals surface area contributed by atoms with Crippen LogP contribution in [-0.2, 0) is 13.6 Å². The molecule has 5 heteroatoms. The minimum Gasteiger partial charge on any atom is -0.490 e. The van der Waals surface area contributed by atoms with Gasteiger partial charge < -0.3 is 13.6 Å². The molecule has 1 heterocycles. The predicted molar refractivity (Wildman–Crippen MR) is 104 cm³/mol. The number of hydrogen-bond acceptors (Lipinski definition) is 3. The van der Waals surface area contributed by atoms with Crippen molar-refractivity contribution in [2.45, 2.75) is 89.8 Å². The topological polar surface area (TPSA) is 27.7 Å². The maximum atomic E-state index is 6.44. The van der Waals surface area contributed by atoms with Gasteiger partial charge in [-0.15, -0.1) is 0 Å². The van der Waals surface area contributed by atoms with Crippen molar-refractivity contribution in [3.63, 3.8) is 0 Å². The van der Waals surface area contributed by atoms with Crippen LogP contribution in [0.1, 0.15) is 48.0 Å². The first-order chi connectivity index (χ1) is 10.1. The maximum Gasteiger partial charge on any atom is 0.192 e. The zero-order valence-corrected chi connectivity index (χ0v) is 19.0. The van der Waals surface area contributed by atoms with Gasteiger partial charge in [0.05, 0.1) is 19.5 Å². The second-order valence-electron chi connectivity index (χ2n) is 9.97. The molecule has 0 fully saturated rings. The van der Waals surface area contributed by atoms with Crippen molar-refractivity contribution in [2.75, 3.05) is 13.2 Å². The van der Waals surface area contributed by atoms with Gasteiger partial charge in [0.1, 0.15) is 0 Å². The van der Waals surface area contributed by atoms with E-state index in [1.807, 2.05) is 6.26 Å². The Morgan fingerprint density at radius 1 is 0.870 bits per heavy atom. The van der Waals surface area contributed by atoms with Gasteiger partial charge in [0.15, 0.2) is 22.2 Å². The summed E-state index contributed by atoms with van der Waals surface area (Å²) in [7, 11) is -3.57. The molecule has 0 aromatic rings. The summed E-state index contributed by atoms with van der Waals surface area (Å²) >= 11 is 0. The third-order valence-corrected chi connectivity index (χ3v) is 14.9. The van der Waals surface area contributed by atoms with Crippen molar-refractivity contribution in [2.24, 2.45) is 0 Å². The second-order valence-corrected chi connectivity index (χ2v) is 19.6. The van der Waals surface area contributed by atoms with Crippen LogP contribution in [0.5, 0.6) is 0 Å². The quantitative estimate of drug-likeness (QED) is 0.570. The molecule has 1 aliphatic heterocycles. The normalized spacial score (nSPS) is 19.0. The van der Waals surface area contributed by atoms with E-state index in [4.69, 9.17) is 13.6 Å². The fourth-order valence-corrected chi connectivity index (χ4v) is 3.90. The van der Waals surface area contributed by atoms with E-state index >= 15 is 0 Å². The Labute approximate surface area is 146 Å². The van der Waals surface area contributed by atoms with E-state index in [0.717, 1.165) is 6.42 Å². The molecule has 0 aromatic carbocycles. The van der Waals surface area contributed by atoms with Crippen molar-refractivity contribution < 1.29 is 13.6 Å². The Morgan fingerprint density at radius 3 is 1.52 bits per heavy atom. The van der Waals surface area contributed by atoms with Gasteiger partial charge in [-0.3, -0.25) is 0 Å². The van der Waals surface area contributed by atoms with E-state index in [1.54, 1.807) is 0 Å². The van der Waals surface area contributed by atoms with Crippen molar-refractivity contribution in [3.8, 4) is 0 Å². The smallest absolute Gasteiger partial charge is 0.192 e. The Morgan fingerprint density at radius 2 is 1.26 bits per heavy atom. The lowest BCUT2D eigenvalue weighted by molar-refractivity contribution is -0.0405. The molecule has 0 bridgehead atoms. The van der Waals surface area contributed by atoms with Crippen LogP contribution in [0, 0.1) is 0 Å². The van der Waals surface area contributed by atoms with E-state index in [1.165, 1.54) is 0 Å². The molecule has 0 aromatic heterocycles.